The number of aliphatic hydroxyl groups excluding tert-OH is 1. The van der Waals surface area contributed by atoms with Gasteiger partial charge in [0.2, 0.25) is 0 Å². The molecule has 0 bridgehead atoms. The summed E-state index contributed by atoms with van der Waals surface area (Å²) in [7, 11) is 0. The van der Waals surface area contributed by atoms with Gasteiger partial charge in [-0.05, 0) is 75.0 Å². The molecule has 2 aliphatic rings. The quantitative estimate of drug-likeness (QED) is 0.582. The van der Waals surface area contributed by atoms with Crippen LogP contribution in [0.25, 0.3) is 4.85 Å². The minimum Gasteiger partial charge on any atom is -0.485 e. The van der Waals surface area contributed by atoms with E-state index in [2.05, 4.69) is 4.85 Å². The number of ether oxygens (including phenoxy) is 2. The fourth-order valence-corrected chi connectivity index (χ4v) is 4.37. The molecule has 2 saturated heterocycles. The highest BCUT2D eigenvalue weighted by atomic mass is 32.1. The van der Waals surface area contributed by atoms with Gasteiger partial charge in [0.25, 0.3) is 5.91 Å². The Balaban J connectivity index is 1.61. The van der Waals surface area contributed by atoms with Crippen molar-refractivity contribution in [3.63, 3.8) is 0 Å². The molecular weight excluding hydrogens is 414 g/mol. The number of hydrogen-bond acceptors (Lipinski definition) is 5. The highest BCUT2D eigenvalue weighted by Gasteiger charge is 2.50. The maximum atomic E-state index is 13.3. The molecule has 0 spiro atoms. The smallest absolute Gasteiger partial charge is 0.259 e. The second-order valence-electron chi connectivity index (χ2n) is 8.16. The Labute approximate surface area is 186 Å². The molecular formula is C23H23N3O4S. The summed E-state index contributed by atoms with van der Waals surface area (Å²) in [6.45, 7) is 13.4. The molecule has 0 unspecified atom stereocenters. The lowest BCUT2D eigenvalue weighted by Crippen LogP contribution is -2.44. The lowest BCUT2D eigenvalue weighted by molar-refractivity contribution is -0.120. The first-order valence-corrected chi connectivity index (χ1v) is 10.3. The van der Waals surface area contributed by atoms with E-state index < -0.39 is 17.7 Å². The van der Waals surface area contributed by atoms with Gasteiger partial charge in [0.1, 0.15) is 23.5 Å². The monoisotopic (exact) mass is 437 g/mol. The van der Waals surface area contributed by atoms with Crippen molar-refractivity contribution in [3.05, 3.63) is 59.4 Å². The molecule has 2 aromatic rings. The number of thiocarbonyl (C=S) groups is 1. The topological polar surface area (TPSA) is 66.6 Å². The molecule has 2 fully saturated rings. The number of amides is 1. The zero-order valence-electron chi connectivity index (χ0n) is 17.5. The summed E-state index contributed by atoms with van der Waals surface area (Å²) in [5.41, 5.74) is 1.85. The third kappa shape index (κ3) is 3.65. The van der Waals surface area contributed by atoms with Crippen LogP contribution in [-0.2, 0) is 9.53 Å². The van der Waals surface area contributed by atoms with Gasteiger partial charge in [-0.1, -0.05) is 6.07 Å². The molecule has 7 nitrogen and oxygen atoms in total. The number of anilines is 2. The van der Waals surface area contributed by atoms with E-state index >= 15 is 0 Å². The van der Waals surface area contributed by atoms with Crippen LogP contribution in [0.4, 0.5) is 17.1 Å². The average Bonchev–Trinajstić information content (AvgIpc) is 3.21. The van der Waals surface area contributed by atoms with E-state index in [0.717, 1.165) is 11.3 Å². The van der Waals surface area contributed by atoms with Gasteiger partial charge in [0.05, 0.1) is 19.8 Å². The number of aliphatic hydroxyl groups is 1. The average molecular weight is 438 g/mol. The van der Waals surface area contributed by atoms with Crippen LogP contribution in [0.1, 0.15) is 19.4 Å². The van der Waals surface area contributed by atoms with Crippen LogP contribution < -0.4 is 14.5 Å². The second-order valence-corrected chi connectivity index (χ2v) is 8.52. The van der Waals surface area contributed by atoms with E-state index in [9.17, 15) is 9.90 Å². The normalized spacial score (nSPS) is 22.7. The van der Waals surface area contributed by atoms with Gasteiger partial charge in [-0.3, -0.25) is 9.69 Å². The molecule has 31 heavy (non-hydrogen) atoms. The maximum Gasteiger partial charge on any atom is 0.259 e. The highest BCUT2D eigenvalue weighted by Crippen LogP contribution is 2.38. The van der Waals surface area contributed by atoms with Crippen molar-refractivity contribution in [1.82, 2.24) is 0 Å². The van der Waals surface area contributed by atoms with Crippen LogP contribution in [0.3, 0.4) is 0 Å². The minimum absolute atomic E-state index is 0.140. The number of carbonyl (C=O) groups excluding carboxylic acids is 1. The molecule has 0 radical (unpaired) electrons. The zero-order chi connectivity index (χ0) is 22.3. The van der Waals surface area contributed by atoms with Crippen molar-refractivity contribution in [1.29, 1.82) is 0 Å². The molecule has 2 heterocycles. The predicted octanol–water partition coefficient (Wildman–Crippen LogP) is 3.60. The Bertz CT molecular complexity index is 1080. The molecule has 1 N–H and O–H groups in total. The largest absolute Gasteiger partial charge is 0.485 e. The summed E-state index contributed by atoms with van der Waals surface area (Å²) in [5, 5.41) is 10.2. The second kappa shape index (κ2) is 7.93. The fourth-order valence-electron chi connectivity index (χ4n) is 3.84. The summed E-state index contributed by atoms with van der Waals surface area (Å²) in [6, 6.07) is 12.5. The molecule has 0 aliphatic carbocycles. The maximum absolute atomic E-state index is 13.3. The van der Waals surface area contributed by atoms with Gasteiger partial charge in [-0.15, -0.1) is 0 Å². The van der Waals surface area contributed by atoms with Crippen LogP contribution in [0.15, 0.2) is 42.5 Å². The SMILES string of the molecule is [C-]#[N+]c1ccc(N2C(=O)C(C)(C)N(c3ccc(O[C@H]4COC[C@@H]4O)cc3)C2=S)cc1C. The van der Waals surface area contributed by atoms with E-state index in [1.54, 1.807) is 24.3 Å². The summed E-state index contributed by atoms with van der Waals surface area (Å²) in [5.74, 6) is 0.466. The fraction of sp³-hybridized carbons (Fsp3) is 0.348. The van der Waals surface area contributed by atoms with Crippen LogP contribution in [0.5, 0.6) is 5.75 Å². The van der Waals surface area contributed by atoms with Gasteiger partial charge in [0, 0.05) is 11.4 Å². The number of nitrogens with zero attached hydrogens (tertiary/aromatic N) is 3. The van der Waals surface area contributed by atoms with Gasteiger partial charge in [0.15, 0.2) is 10.8 Å². The van der Waals surface area contributed by atoms with Crippen LogP contribution in [-0.4, -0.2) is 47.1 Å². The Hall–Kier alpha value is -2.99. The first-order valence-electron chi connectivity index (χ1n) is 9.93. The Morgan fingerprint density at radius 3 is 2.45 bits per heavy atom. The number of carbonyl (C=O) groups is 1. The van der Waals surface area contributed by atoms with Crippen molar-refractivity contribution in [2.24, 2.45) is 0 Å². The van der Waals surface area contributed by atoms with Gasteiger partial charge in [-0.2, -0.15) is 0 Å². The van der Waals surface area contributed by atoms with Crippen molar-refractivity contribution < 1.29 is 19.4 Å². The van der Waals surface area contributed by atoms with Crippen molar-refractivity contribution >= 4 is 40.3 Å². The Morgan fingerprint density at radius 2 is 1.87 bits per heavy atom. The lowest BCUT2D eigenvalue weighted by Gasteiger charge is -2.29. The Kier molecular flexibility index (Phi) is 5.43. The summed E-state index contributed by atoms with van der Waals surface area (Å²) in [4.78, 5) is 20.1. The highest BCUT2D eigenvalue weighted by molar-refractivity contribution is 7.81. The molecule has 2 atom stereocenters. The van der Waals surface area contributed by atoms with Crippen LogP contribution in [0, 0.1) is 13.5 Å². The number of hydrogen-bond donors (Lipinski definition) is 1. The number of rotatable bonds is 4. The van der Waals surface area contributed by atoms with E-state index in [1.165, 1.54) is 4.90 Å². The molecule has 8 heteroatoms. The van der Waals surface area contributed by atoms with E-state index in [1.807, 2.05) is 43.9 Å². The molecule has 4 rings (SSSR count). The number of benzene rings is 2. The van der Waals surface area contributed by atoms with Crippen LogP contribution in [0.2, 0.25) is 0 Å². The zero-order valence-corrected chi connectivity index (χ0v) is 18.3. The first-order chi connectivity index (χ1) is 14.7. The van der Waals surface area contributed by atoms with E-state index in [0.29, 0.717) is 28.8 Å². The van der Waals surface area contributed by atoms with E-state index in [-0.39, 0.29) is 12.5 Å². The predicted molar refractivity (Wildman–Crippen MR) is 122 cm³/mol. The molecule has 2 aromatic carbocycles. The molecule has 2 aliphatic heterocycles. The van der Waals surface area contributed by atoms with Crippen LogP contribution >= 0.6 is 12.2 Å². The minimum atomic E-state index is -0.888. The molecule has 0 saturated carbocycles. The lowest BCUT2D eigenvalue weighted by atomic mass is 10.0. The third-order valence-corrected chi connectivity index (χ3v) is 5.97. The van der Waals surface area contributed by atoms with Crippen molar-refractivity contribution in [2.45, 2.75) is 38.5 Å². The van der Waals surface area contributed by atoms with Gasteiger partial charge in [-0.25, -0.2) is 4.85 Å². The molecule has 0 aromatic heterocycles. The van der Waals surface area contributed by atoms with E-state index in [4.69, 9.17) is 28.3 Å². The molecule has 160 valence electrons. The van der Waals surface area contributed by atoms with Crippen molar-refractivity contribution in [3.8, 4) is 5.75 Å². The Morgan fingerprint density at radius 1 is 1.19 bits per heavy atom. The first kappa shape index (κ1) is 21.2. The summed E-state index contributed by atoms with van der Waals surface area (Å²) in [6.07, 6.45) is -1.04. The molecule has 1 amide bonds. The number of aryl methyl sites for hydroxylation is 1. The van der Waals surface area contributed by atoms with Gasteiger partial charge >= 0.3 is 0 Å². The summed E-state index contributed by atoms with van der Waals surface area (Å²) >= 11 is 5.71. The standard InChI is InChI=1S/C23H23N3O4S/c1-14-11-16(7-10-18(14)24-4)25-21(28)23(2,3)26(22(25)31)15-5-8-17(9-6-15)30-20-13-29-12-19(20)27/h5-11,19-20,27H,12-13H2,1-3H3/t19-,20-/m0/s1. The summed E-state index contributed by atoms with van der Waals surface area (Å²) < 4.78 is 11.0. The third-order valence-electron chi connectivity index (χ3n) is 5.61. The van der Waals surface area contributed by atoms with Crippen molar-refractivity contribution in [2.75, 3.05) is 23.0 Å². The van der Waals surface area contributed by atoms with Gasteiger partial charge < -0.3 is 19.5 Å².